The number of unbranched alkanes of at least 4 members (excludes halogenated alkanes) is 36. The topological polar surface area (TPSA) is 78.9 Å². The maximum Gasteiger partial charge on any atom is 0.306 e. The third-order valence-electron chi connectivity index (χ3n) is 15.1. The van der Waals surface area contributed by atoms with Crippen molar-refractivity contribution in [2.75, 3.05) is 13.2 Å². The van der Waals surface area contributed by atoms with E-state index in [4.69, 9.17) is 14.2 Å². The van der Waals surface area contributed by atoms with E-state index in [0.29, 0.717) is 19.3 Å². The Hall–Kier alpha value is -3.67. The molecule has 6 nitrogen and oxygen atoms in total. The van der Waals surface area contributed by atoms with Gasteiger partial charge in [0, 0.05) is 19.3 Å². The van der Waals surface area contributed by atoms with E-state index in [9.17, 15) is 14.4 Å². The molecule has 6 heteroatoms. The third-order valence-corrected chi connectivity index (χ3v) is 15.1. The van der Waals surface area contributed by atoms with Crippen LogP contribution >= 0.6 is 0 Å². The summed E-state index contributed by atoms with van der Waals surface area (Å²) >= 11 is 0. The van der Waals surface area contributed by atoms with Crippen molar-refractivity contribution in [2.24, 2.45) is 0 Å². The second-order valence-corrected chi connectivity index (χ2v) is 23.0. The Morgan fingerprint density at radius 2 is 0.481 bits per heavy atom. The Bertz CT molecular complexity index is 1580. The van der Waals surface area contributed by atoms with Crippen LogP contribution < -0.4 is 0 Å². The van der Waals surface area contributed by atoms with Gasteiger partial charge in [0.05, 0.1) is 0 Å². The smallest absolute Gasteiger partial charge is 0.306 e. The van der Waals surface area contributed by atoms with E-state index in [1.54, 1.807) is 0 Å². The molecule has 0 fully saturated rings. The van der Waals surface area contributed by atoms with Crippen molar-refractivity contribution in [1.82, 2.24) is 0 Å². The lowest BCUT2D eigenvalue weighted by Gasteiger charge is -2.18. The number of esters is 3. The van der Waals surface area contributed by atoms with Gasteiger partial charge >= 0.3 is 17.9 Å². The zero-order valence-electron chi connectivity index (χ0n) is 53.5. The highest BCUT2D eigenvalue weighted by Crippen LogP contribution is 2.18. The van der Waals surface area contributed by atoms with Crippen LogP contribution in [-0.2, 0) is 28.6 Å². The van der Waals surface area contributed by atoms with Gasteiger partial charge in [0.2, 0.25) is 0 Å². The van der Waals surface area contributed by atoms with Gasteiger partial charge < -0.3 is 14.2 Å². The van der Waals surface area contributed by atoms with Gasteiger partial charge in [-0.3, -0.25) is 14.4 Å². The number of carbonyl (C=O) groups is 3. The van der Waals surface area contributed by atoms with Crippen molar-refractivity contribution in [3.8, 4) is 0 Å². The zero-order chi connectivity index (χ0) is 58.5. The number of hydrogen-bond donors (Lipinski definition) is 0. The highest BCUT2D eigenvalue weighted by molar-refractivity contribution is 5.71. The zero-order valence-corrected chi connectivity index (χ0v) is 53.5. The Kier molecular flexibility index (Phi) is 65.7. The van der Waals surface area contributed by atoms with Crippen LogP contribution in [0, 0.1) is 0 Å². The molecule has 0 aromatic rings. The van der Waals surface area contributed by atoms with E-state index in [1.807, 2.05) is 0 Å². The quantitative estimate of drug-likeness (QED) is 0.0261. The second-order valence-electron chi connectivity index (χ2n) is 23.0. The average Bonchev–Trinajstić information content (AvgIpc) is 3.47. The highest BCUT2D eigenvalue weighted by Gasteiger charge is 2.19. The highest BCUT2D eigenvalue weighted by atomic mass is 16.6. The van der Waals surface area contributed by atoms with Crippen LogP contribution in [-0.4, -0.2) is 37.2 Å². The summed E-state index contributed by atoms with van der Waals surface area (Å²) in [4.78, 5) is 38.5. The molecule has 466 valence electrons. The van der Waals surface area contributed by atoms with Crippen molar-refractivity contribution in [2.45, 2.75) is 348 Å². The molecule has 0 rings (SSSR count). The van der Waals surface area contributed by atoms with Crippen LogP contribution in [0.4, 0.5) is 0 Å². The molecule has 0 N–H and O–H groups in total. The summed E-state index contributed by atoms with van der Waals surface area (Å²) in [7, 11) is 0. The van der Waals surface area contributed by atoms with Crippen LogP contribution in [0.3, 0.4) is 0 Å². The lowest BCUT2D eigenvalue weighted by Crippen LogP contribution is -2.30. The largest absolute Gasteiger partial charge is 0.462 e. The molecule has 0 aliphatic rings. The summed E-state index contributed by atoms with van der Waals surface area (Å²) in [6.45, 7) is 6.45. The summed E-state index contributed by atoms with van der Waals surface area (Å²) < 4.78 is 17.0. The van der Waals surface area contributed by atoms with Gasteiger partial charge in [-0.15, -0.1) is 0 Å². The van der Waals surface area contributed by atoms with Crippen LogP contribution in [0.2, 0.25) is 0 Å². The maximum atomic E-state index is 13.0. The Morgan fingerprint density at radius 3 is 0.753 bits per heavy atom. The normalized spacial score (nSPS) is 12.7. The molecule has 0 amide bonds. The van der Waals surface area contributed by atoms with Crippen molar-refractivity contribution in [1.29, 1.82) is 0 Å². The Balaban J connectivity index is 4.38. The first-order valence-corrected chi connectivity index (χ1v) is 34.7. The van der Waals surface area contributed by atoms with Crippen LogP contribution in [0.5, 0.6) is 0 Å². The minimum Gasteiger partial charge on any atom is -0.462 e. The predicted molar refractivity (Wildman–Crippen MR) is 353 cm³/mol. The van der Waals surface area contributed by atoms with E-state index in [0.717, 1.165) is 122 Å². The summed E-state index contributed by atoms with van der Waals surface area (Å²) in [6.07, 6.45) is 92.8. The molecule has 1 unspecified atom stereocenters. The van der Waals surface area contributed by atoms with Crippen LogP contribution in [0.1, 0.15) is 342 Å². The van der Waals surface area contributed by atoms with Crippen molar-refractivity contribution in [3.63, 3.8) is 0 Å². The first-order valence-electron chi connectivity index (χ1n) is 34.7. The lowest BCUT2D eigenvalue weighted by atomic mass is 10.0. The second kappa shape index (κ2) is 68.8. The van der Waals surface area contributed by atoms with Crippen LogP contribution in [0.15, 0.2) is 97.2 Å². The fraction of sp³-hybridized carbons (Fsp3) is 0.747. The van der Waals surface area contributed by atoms with Crippen molar-refractivity contribution in [3.05, 3.63) is 97.2 Å². The minimum absolute atomic E-state index is 0.0829. The molecule has 1 atom stereocenters. The molecule has 0 aliphatic carbocycles. The molecule has 0 saturated heterocycles. The van der Waals surface area contributed by atoms with E-state index in [2.05, 4.69) is 118 Å². The van der Waals surface area contributed by atoms with Gasteiger partial charge in [0.1, 0.15) is 13.2 Å². The molecule has 0 bridgehead atoms. The Morgan fingerprint density at radius 1 is 0.259 bits per heavy atom. The molecule has 0 aromatic carbocycles. The van der Waals surface area contributed by atoms with Gasteiger partial charge in [-0.05, 0) is 96.3 Å². The van der Waals surface area contributed by atoms with Gasteiger partial charge in [0.25, 0.3) is 0 Å². The summed E-state index contributed by atoms with van der Waals surface area (Å²) in [5.74, 6) is -0.889. The molecular formula is C75H130O6. The van der Waals surface area contributed by atoms with E-state index < -0.39 is 6.10 Å². The molecule has 81 heavy (non-hydrogen) atoms. The standard InChI is InChI=1S/C75H130O6/c1-4-7-10-13-16-19-22-25-28-31-34-36-37-39-41-44-47-50-53-56-59-62-65-68-74(77)80-71-72(70-79-73(76)67-64-61-58-55-52-49-46-43-40-33-30-27-24-21-18-15-12-9-6-3)81-75(78)69-66-63-60-57-54-51-48-45-42-38-35-32-29-26-23-20-17-14-11-8-5-2/h8-9,11-12,17-18,20-21,26-27,29-30,35,38,40,43,72H,4-7,10,13-16,19,22-25,28,31-34,36-37,39,41-42,44-71H2,1-3H3/b11-8-,12-9-,20-17-,21-18-,29-26-,30-27-,38-35-,43-40-. The first kappa shape index (κ1) is 77.3. The first-order chi connectivity index (χ1) is 40.0. The average molecular weight is 1130 g/mol. The predicted octanol–water partition coefficient (Wildman–Crippen LogP) is 24.0. The molecule has 0 saturated carbocycles. The van der Waals surface area contributed by atoms with Gasteiger partial charge in [-0.2, -0.15) is 0 Å². The van der Waals surface area contributed by atoms with E-state index >= 15 is 0 Å². The van der Waals surface area contributed by atoms with Gasteiger partial charge in [-0.25, -0.2) is 0 Å². The third kappa shape index (κ3) is 67.0. The van der Waals surface area contributed by atoms with Gasteiger partial charge in [0.15, 0.2) is 6.10 Å². The van der Waals surface area contributed by atoms with E-state index in [-0.39, 0.29) is 31.1 Å². The van der Waals surface area contributed by atoms with Crippen molar-refractivity contribution < 1.29 is 28.6 Å². The minimum atomic E-state index is -0.790. The summed E-state index contributed by atoms with van der Waals surface area (Å²) in [5, 5.41) is 0. The fourth-order valence-electron chi connectivity index (χ4n) is 9.96. The van der Waals surface area contributed by atoms with E-state index in [1.165, 1.54) is 180 Å². The molecule has 0 aliphatic heterocycles. The molecule has 0 aromatic heterocycles. The maximum absolute atomic E-state index is 13.0. The molecule has 0 heterocycles. The van der Waals surface area contributed by atoms with Crippen LogP contribution in [0.25, 0.3) is 0 Å². The lowest BCUT2D eigenvalue weighted by molar-refractivity contribution is -0.167. The molecule has 0 spiro atoms. The molecular weight excluding hydrogens is 997 g/mol. The fourth-order valence-corrected chi connectivity index (χ4v) is 9.96. The summed E-state index contributed by atoms with van der Waals surface area (Å²) in [6, 6.07) is 0. The monoisotopic (exact) mass is 1130 g/mol. The van der Waals surface area contributed by atoms with Crippen molar-refractivity contribution >= 4 is 17.9 Å². The SMILES string of the molecule is CC/C=C\C/C=C\C/C=C\C/C=C\CCCCCCCCCCC(=O)OC(COC(=O)CCCCCCCC/C=C\C/C=C\C/C=C\C/C=C\CC)COC(=O)CCCCCCCCCCCCCCCCCCCCCCCCC. The number of rotatable bonds is 63. The van der Waals surface area contributed by atoms with Gasteiger partial charge in [-0.1, -0.05) is 323 Å². The number of hydrogen-bond acceptors (Lipinski definition) is 6. The number of ether oxygens (including phenoxy) is 3. The Labute approximate surface area is 502 Å². The summed E-state index contributed by atoms with van der Waals surface area (Å²) in [5.41, 5.74) is 0. The molecule has 0 radical (unpaired) electrons. The number of carbonyl (C=O) groups excluding carboxylic acids is 3. The number of allylic oxidation sites excluding steroid dienone is 16.